The van der Waals surface area contributed by atoms with Crippen LogP contribution in [0.2, 0.25) is 0 Å². The van der Waals surface area contributed by atoms with Crippen LogP contribution in [0.1, 0.15) is 17.5 Å². The minimum atomic E-state index is -0.747. The van der Waals surface area contributed by atoms with Gasteiger partial charge < -0.3 is 19.6 Å². The van der Waals surface area contributed by atoms with Crippen molar-refractivity contribution in [2.24, 2.45) is 5.73 Å². The summed E-state index contributed by atoms with van der Waals surface area (Å²) in [4.78, 5) is 36.5. The Hall–Kier alpha value is -3.13. The van der Waals surface area contributed by atoms with Crippen molar-refractivity contribution in [3.8, 4) is 16.9 Å². The molecule has 0 aliphatic rings. The van der Waals surface area contributed by atoms with Crippen LogP contribution < -0.4 is 15.9 Å². The number of fused-ring (bicyclic) bond motifs is 1. The summed E-state index contributed by atoms with van der Waals surface area (Å²) in [6.07, 6.45) is 0. The number of amides is 1. The Morgan fingerprint density at radius 3 is 2.50 bits per heavy atom. The summed E-state index contributed by atoms with van der Waals surface area (Å²) in [5.41, 5.74) is 5.46. The molecule has 28 heavy (non-hydrogen) atoms. The zero-order chi connectivity index (χ0) is 20.3. The van der Waals surface area contributed by atoms with Crippen molar-refractivity contribution in [1.82, 2.24) is 0 Å². The fraction of sp³-hybridized carbons (Fsp3) is 0.150. The molecule has 0 radical (unpaired) electrons. The number of hydrogen-bond donors (Lipinski definition) is 1. The summed E-state index contributed by atoms with van der Waals surface area (Å²) in [5.74, 6) is -1.31. The van der Waals surface area contributed by atoms with Gasteiger partial charge in [-0.3, -0.25) is 9.59 Å². The first-order chi connectivity index (χ1) is 13.4. The molecule has 0 atom stereocenters. The average molecular weight is 446 g/mol. The monoisotopic (exact) mass is 445 g/mol. The Kier molecular flexibility index (Phi) is 5.79. The van der Waals surface area contributed by atoms with E-state index in [-0.39, 0.29) is 46.7 Å². The Balaban J connectivity index is 2.21. The molecular formula is C20H16BrNO6. The Labute approximate surface area is 168 Å². The minimum absolute atomic E-state index is 0.115. The van der Waals surface area contributed by atoms with E-state index in [2.05, 4.69) is 15.9 Å². The number of esters is 1. The van der Waals surface area contributed by atoms with Gasteiger partial charge in [-0.25, -0.2) is 4.79 Å². The highest BCUT2D eigenvalue weighted by Crippen LogP contribution is 2.28. The van der Waals surface area contributed by atoms with Crippen LogP contribution >= 0.6 is 15.9 Å². The average Bonchev–Trinajstić information content (AvgIpc) is 2.67. The van der Waals surface area contributed by atoms with Gasteiger partial charge in [-0.15, -0.1) is 0 Å². The molecule has 1 heterocycles. The van der Waals surface area contributed by atoms with Gasteiger partial charge in [-0.05, 0) is 36.8 Å². The maximum Gasteiger partial charge on any atom is 0.375 e. The van der Waals surface area contributed by atoms with Crippen molar-refractivity contribution >= 4 is 38.8 Å². The van der Waals surface area contributed by atoms with Gasteiger partial charge in [0.25, 0.3) is 5.91 Å². The Bertz CT molecular complexity index is 1100. The number of halogens is 1. The standard InChI is InChI=1S/C20H16BrNO6/c1-2-26-20(25)19-17(11-3-5-12(21)6-4-11)18(24)14-8-7-13(9-15(14)28-19)27-10-16(22)23/h3-9H,2,10H2,1H3,(H2,22,23). The normalized spacial score (nSPS) is 10.6. The van der Waals surface area contributed by atoms with Gasteiger partial charge in [0.15, 0.2) is 6.61 Å². The number of carbonyl (C=O) groups is 2. The van der Waals surface area contributed by atoms with Crippen molar-refractivity contribution in [3.63, 3.8) is 0 Å². The summed E-state index contributed by atoms with van der Waals surface area (Å²) in [5, 5.41) is 0.261. The molecule has 0 spiro atoms. The molecule has 7 nitrogen and oxygen atoms in total. The van der Waals surface area contributed by atoms with E-state index >= 15 is 0 Å². The predicted molar refractivity (Wildman–Crippen MR) is 106 cm³/mol. The number of nitrogens with two attached hydrogens (primary N) is 1. The predicted octanol–water partition coefficient (Wildman–Crippen LogP) is 3.26. The SMILES string of the molecule is CCOC(=O)c1oc2cc(OCC(N)=O)ccc2c(=O)c1-c1ccc(Br)cc1. The van der Waals surface area contributed by atoms with Crippen LogP contribution in [0.15, 0.2) is 56.1 Å². The van der Waals surface area contributed by atoms with Crippen molar-refractivity contribution in [2.45, 2.75) is 6.92 Å². The van der Waals surface area contributed by atoms with Gasteiger partial charge in [-0.1, -0.05) is 28.1 Å². The van der Waals surface area contributed by atoms with Gasteiger partial charge in [0.05, 0.1) is 17.6 Å². The first-order valence-electron chi connectivity index (χ1n) is 8.35. The molecule has 0 unspecified atom stereocenters. The van der Waals surface area contributed by atoms with Crippen LogP contribution in [0.5, 0.6) is 5.75 Å². The zero-order valence-corrected chi connectivity index (χ0v) is 16.4. The highest BCUT2D eigenvalue weighted by Gasteiger charge is 2.23. The molecular weight excluding hydrogens is 430 g/mol. The molecule has 0 saturated heterocycles. The third-order valence-corrected chi connectivity index (χ3v) is 4.37. The molecule has 0 saturated carbocycles. The van der Waals surface area contributed by atoms with Gasteiger partial charge in [0.2, 0.25) is 11.2 Å². The number of hydrogen-bond acceptors (Lipinski definition) is 6. The highest BCUT2D eigenvalue weighted by atomic mass is 79.9. The van der Waals surface area contributed by atoms with Gasteiger partial charge in [0, 0.05) is 10.5 Å². The summed E-state index contributed by atoms with van der Waals surface area (Å²) in [7, 11) is 0. The van der Waals surface area contributed by atoms with E-state index in [1.165, 1.54) is 18.2 Å². The molecule has 0 aliphatic heterocycles. The molecule has 144 valence electrons. The molecule has 3 rings (SSSR count). The molecule has 8 heteroatoms. The van der Waals surface area contributed by atoms with Gasteiger partial charge in [0.1, 0.15) is 11.3 Å². The van der Waals surface area contributed by atoms with Crippen LogP contribution in [0.4, 0.5) is 0 Å². The molecule has 0 fully saturated rings. The molecule has 2 N–H and O–H groups in total. The second-order valence-corrected chi connectivity index (χ2v) is 6.69. The van der Waals surface area contributed by atoms with Crippen LogP contribution in [-0.2, 0) is 9.53 Å². The first-order valence-corrected chi connectivity index (χ1v) is 9.15. The largest absolute Gasteiger partial charge is 0.484 e. The lowest BCUT2D eigenvalue weighted by molar-refractivity contribution is -0.119. The molecule has 0 aliphatic carbocycles. The third kappa shape index (κ3) is 4.07. The quantitative estimate of drug-likeness (QED) is 0.583. The van der Waals surface area contributed by atoms with Crippen molar-refractivity contribution < 1.29 is 23.5 Å². The summed E-state index contributed by atoms with van der Waals surface area (Å²) in [6, 6.07) is 11.4. The zero-order valence-electron chi connectivity index (χ0n) is 14.9. The fourth-order valence-corrected chi connectivity index (χ4v) is 2.90. The second-order valence-electron chi connectivity index (χ2n) is 5.78. The van der Waals surface area contributed by atoms with E-state index in [1.54, 1.807) is 31.2 Å². The fourth-order valence-electron chi connectivity index (χ4n) is 2.64. The first kappa shape index (κ1) is 19.6. The number of ether oxygens (including phenoxy) is 2. The Morgan fingerprint density at radius 2 is 1.86 bits per heavy atom. The minimum Gasteiger partial charge on any atom is -0.484 e. The van der Waals surface area contributed by atoms with E-state index in [0.29, 0.717) is 5.56 Å². The number of carbonyl (C=O) groups excluding carboxylic acids is 2. The number of primary amides is 1. The Morgan fingerprint density at radius 1 is 1.14 bits per heavy atom. The maximum atomic E-state index is 13.1. The van der Waals surface area contributed by atoms with E-state index in [1.807, 2.05) is 0 Å². The summed E-state index contributed by atoms with van der Waals surface area (Å²) in [6.45, 7) is 1.46. The van der Waals surface area contributed by atoms with E-state index in [4.69, 9.17) is 19.6 Å². The highest BCUT2D eigenvalue weighted by molar-refractivity contribution is 9.10. The van der Waals surface area contributed by atoms with E-state index < -0.39 is 11.9 Å². The number of rotatable bonds is 6. The topological polar surface area (TPSA) is 109 Å². The third-order valence-electron chi connectivity index (χ3n) is 3.84. The second kappa shape index (κ2) is 8.26. The van der Waals surface area contributed by atoms with Crippen LogP contribution in [0, 0.1) is 0 Å². The lowest BCUT2D eigenvalue weighted by atomic mass is 10.0. The van der Waals surface area contributed by atoms with E-state index in [9.17, 15) is 14.4 Å². The smallest absolute Gasteiger partial charge is 0.375 e. The van der Waals surface area contributed by atoms with Crippen LogP contribution in [0.25, 0.3) is 22.1 Å². The summed E-state index contributed by atoms with van der Waals surface area (Å²) < 4.78 is 16.9. The van der Waals surface area contributed by atoms with Crippen LogP contribution in [-0.4, -0.2) is 25.1 Å². The van der Waals surface area contributed by atoms with Crippen molar-refractivity contribution in [2.75, 3.05) is 13.2 Å². The van der Waals surface area contributed by atoms with Gasteiger partial charge in [-0.2, -0.15) is 0 Å². The molecule has 2 aromatic carbocycles. The van der Waals surface area contributed by atoms with Crippen LogP contribution in [0.3, 0.4) is 0 Å². The molecule has 0 bridgehead atoms. The lowest BCUT2D eigenvalue weighted by Gasteiger charge is -2.11. The lowest BCUT2D eigenvalue weighted by Crippen LogP contribution is -2.20. The molecule has 1 aromatic heterocycles. The van der Waals surface area contributed by atoms with Crippen molar-refractivity contribution in [1.29, 1.82) is 0 Å². The van der Waals surface area contributed by atoms with E-state index in [0.717, 1.165) is 4.47 Å². The molecule has 3 aromatic rings. The van der Waals surface area contributed by atoms with Gasteiger partial charge >= 0.3 is 5.97 Å². The maximum absolute atomic E-state index is 13.1. The molecule has 1 amide bonds. The number of benzene rings is 2. The van der Waals surface area contributed by atoms with Crippen molar-refractivity contribution in [3.05, 3.63) is 62.9 Å². The summed E-state index contributed by atoms with van der Waals surface area (Å²) >= 11 is 3.34.